The molecule has 0 saturated heterocycles. The maximum Gasteiger partial charge on any atom is 0.0791 e. The molecule has 0 unspecified atom stereocenters. The zero-order valence-electron chi connectivity index (χ0n) is 15.6. The number of pyridine rings is 1. The van der Waals surface area contributed by atoms with Crippen molar-refractivity contribution >= 4 is 34.7 Å². The van der Waals surface area contributed by atoms with Crippen molar-refractivity contribution in [1.29, 1.82) is 0 Å². The van der Waals surface area contributed by atoms with Gasteiger partial charge in [0.05, 0.1) is 22.9 Å². The molecule has 0 aliphatic heterocycles. The summed E-state index contributed by atoms with van der Waals surface area (Å²) in [4.78, 5) is 4.62. The molecule has 0 aliphatic carbocycles. The van der Waals surface area contributed by atoms with E-state index >= 15 is 0 Å². The molecule has 2 aromatic carbocycles. The summed E-state index contributed by atoms with van der Waals surface area (Å²) in [5.41, 5.74) is 2.77. The van der Waals surface area contributed by atoms with Gasteiger partial charge in [-0.2, -0.15) is 0 Å². The van der Waals surface area contributed by atoms with Crippen LogP contribution in [0, 0.1) is 0 Å². The number of fused-ring (bicyclic) bond motifs is 1. The third kappa shape index (κ3) is 5.64. The number of benzene rings is 2. The van der Waals surface area contributed by atoms with E-state index in [1.165, 1.54) is 0 Å². The Morgan fingerprint density at radius 3 is 2.63 bits per heavy atom. The molecule has 0 radical (unpaired) electrons. The van der Waals surface area contributed by atoms with Gasteiger partial charge in [-0.3, -0.25) is 0 Å². The van der Waals surface area contributed by atoms with Crippen molar-refractivity contribution in [2.75, 3.05) is 0 Å². The number of rotatable bonds is 6. The van der Waals surface area contributed by atoms with Gasteiger partial charge in [0.25, 0.3) is 0 Å². The number of aromatic nitrogens is 1. The molecule has 0 amide bonds. The van der Waals surface area contributed by atoms with Gasteiger partial charge < -0.3 is 10.2 Å². The van der Waals surface area contributed by atoms with Crippen LogP contribution in [0.1, 0.15) is 49.6 Å². The molecule has 0 bridgehead atoms. The van der Waals surface area contributed by atoms with Gasteiger partial charge in [-0.05, 0) is 68.2 Å². The first-order chi connectivity index (χ1) is 12.8. The minimum Gasteiger partial charge on any atom is -0.390 e. The summed E-state index contributed by atoms with van der Waals surface area (Å²) in [6.07, 6.45) is 4.39. The van der Waals surface area contributed by atoms with Crippen LogP contribution in [0.4, 0.5) is 0 Å². The van der Waals surface area contributed by atoms with Crippen molar-refractivity contribution in [2.45, 2.75) is 38.4 Å². The normalized spacial score (nSPS) is 13.4. The van der Waals surface area contributed by atoms with Crippen LogP contribution in [0.25, 0.3) is 23.1 Å². The summed E-state index contributed by atoms with van der Waals surface area (Å²) in [5, 5.41) is 21.9. The Hall–Kier alpha value is -2.20. The van der Waals surface area contributed by atoms with E-state index in [9.17, 15) is 10.2 Å². The van der Waals surface area contributed by atoms with Crippen LogP contribution in [0.2, 0.25) is 5.02 Å². The molecule has 3 rings (SSSR count). The van der Waals surface area contributed by atoms with Gasteiger partial charge >= 0.3 is 0 Å². The number of nitrogens with zero attached hydrogens (tertiary/aromatic N) is 1. The van der Waals surface area contributed by atoms with Crippen molar-refractivity contribution in [2.24, 2.45) is 0 Å². The summed E-state index contributed by atoms with van der Waals surface area (Å²) in [7, 11) is 0. The first-order valence-electron chi connectivity index (χ1n) is 9.05. The van der Waals surface area contributed by atoms with Crippen LogP contribution in [-0.4, -0.2) is 20.8 Å². The molecule has 1 heterocycles. The number of halogens is 1. The van der Waals surface area contributed by atoms with E-state index in [4.69, 9.17) is 11.6 Å². The van der Waals surface area contributed by atoms with E-state index in [0.717, 1.165) is 27.7 Å². The van der Waals surface area contributed by atoms with E-state index in [-0.39, 0.29) is 0 Å². The highest BCUT2D eigenvalue weighted by atomic mass is 35.5. The van der Waals surface area contributed by atoms with Gasteiger partial charge in [0.1, 0.15) is 0 Å². The quantitative estimate of drug-likeness (QED) is 0.580. The van der Waals surface area contributed by atoms with E-state index in [2.05, 4.69) is 4.98 Å². The summed E-state index contributed by atoms with van der Waals surface area (Å²) >= 11 is 6.05. The van der Waals surface area contributed by atoms with Gasteiger partial charge in [0.2, 0.25) is 0 Å². The van der Waals surface area contributed by atoms with Crippen LogP contribution in [-0.2, 0) is 0 Å². The van der Waals surface area contributed by atoms with Crippen LogP contribution < -0.4 is 0 Å². The van der Waals surface area contributed by atoms with Crippen LogP contribution in [0.15, 0.2) is 54.6 Å². The fourth-order valence-corrected chi connectivity index (χ4v) is 3.07. The Bertz CT molecular complexity index is 960. The van der Waals surface area contributed by atoms with E-state index in [0.29, 0.717) is 17.9 Å². The minimum atomic E-state index is -0.775. The fraction of sp³-hybridized carbons (Fsp3) is 0.261. The smallest absolute Gasteiger partial charge is 0.0791 e. The zero-order valence-corrected chi connectivity index (χ0v) is 16.3. The highest BCUT2D eigenvalue weighted by molar-refractivity contribution is 6.31. The number of aliphatic hydroxyl groups is 2. The lowest BCUT2D eigenvalue weighted by Crippen LogP contribution is -2.19. The van der Waals surface area contributed by atoms with Crippen molar-refractivity contribution in [3.63, 3.8) is 0 Å². The molecule has 4 heteroatoms. The third-order valence-corrected chi connectivity index (χ3v) is 4.68. The number of aliphatic hydroxyl groups excluding tert-OH is 1. The van der Waals surface area contributed by atoms with Gasteiger partial charge in [0.15, 0.2) is 0 Å². The van der Waals surface area contributed by atoms with Crippen LogP contribution in [0.3, 0.4) is 0 Å². The van der Waals surface area contributed by atoms with E-state index in [1.807, 2.05) is 66.7 Å². The Morgan fingerprint density at radius 1 is 1.07 bits per heavy atom. The number of hydrogen-bond acceptors (Lipinski definition) is 3. The highest BCUT2D eigenvalue weighted by Crippen LogP contribution is 2.24. The van der Waals surface area contributed by atoms with Gasteiger partial charge in [-0.25, -0.2) is 4.98 Å². The molecule has 140 valence electrons. The minimum absolute atomic E-state index is 0.518. The second-order valence-electron chi connectivity index (χ2n) is 7.44. The average Bonchev–Trinajstić information content (AvgIpc) is 2.63. The molecule has 0 fully saturated rings. The van der Waals surface area contributed by atoms with Crippen LogP contribution in [0.5, 0.6) is 0 Å². The summed E-state index contributed by atoms with van der Waals surface area (Å²) in [6, 6.07) is 17.4. The molecule has 0 aliphatic rings. The SMILES string of the molecule is CC(C)(O)CC[C@H](O)c1cccc(/C=C/c2ccc3ccc(Cl)cc3n2)c1. The zero-order chi connectivity index (χ0) is 19.4. The molecule has 2 N–H and O–H groups in total. The second kappa shape index (κ2) is 8.22. The van der Waals surface area contributed by atoms with Crippen molar-refractivity contribution in [1.82, 2.24) is 4.98 Å². The summed E-state index contributed by atoms with van der Waals surface area (Å²) in [6.45, 7) is 3.51. The van der Waals surface area contributed by atoms with Gasteiger partial charge in [0, 0.05) is 10.4 Å². The van der Waals surface area contributed by atoms with E-state index < -0.39 is 11.7 Å². The average molecular weight is 382 g/mol. The maximum absolute atomic E-state index is 10.4. The Labute approximate surface area is 165 Å². The van der Waals surface area contributed by atoms with E-state index in [1.54, 1.807) is 13.8 Å². The van der Waals surface area contributed by atoms with Gasteiger partial charge in [-0.15, -0.1) is 0 Å². The maximum atomic E-state index is 10.4. The Morgan fingerprint density at radius 2 is 1.85 bits per heavy atom. The van der Waals surface area contributed by atoms with Crippen molar-refractivity contribution in [3.8, 4) is 0 Å². The topological polar surface area (TPSA) is 53.4 Å². The lowest BCUT2D eigenvalue weighted by molar-refractivity contribution is 0.0485. The Balaban J connectivity index is 1.75. The molecule has 3 aromatic rings. The molecule has 0 spiro atoms. The largest absolute Gasteiger partial charge is 0.390 e. The Kier molecular flexibility index (Phi) is 5.95. The first kappa shape index (κ1) is 19.6. The predicted molar refractivity (Wildman–Crippen MR) is 113 cm³/mol. The third-order valence-electron chi connectivity index (χ3n) is 4.45. The standard InChI is InChI=1S/C23H24ClNO2/c1-23(2,27)13-12-22(26)18-5-3-4-16(14-18)6-10-20-11-8-17-7-9-19(24)15-21(17)25-20/h3-11,14-15,22,26-27H,12-13H2,1-2H3/b10-6+/t22-/m0/s1. The lowest BCUT2D eigenvalue weighted by atomic mass is 9.96. The molecule has 1 aromatic heterocycles. The highest BCUT2D eigenvalue weighted by Gasteiger charge is 2.16. The van der Waals surface area contributed by atoms with Crippen molar-refractivity contribution in [3.05, 3.63) is 76.4 Å². The van der Waals surface area contributed by atoms with Crippen LogP contribution >= 0.6 is 11.6 Å². The molecule has 3 nitrogen and oxygen atoms in total. The molecule has 1 atom stereocenters. The molecule has 0 saturated carbocycles. The first-order valence-corrected chi connectivity index (χ1v) is 9.43. The predicted octanol–water partition coefficient (Wildman–Crippen LogP) is 5.64. The summed E-state index contributed by atoms with van der Waals surface area (Å²) in [5.74, 6) is 0. The summed E-state index contributed by atoms with van der Waals surface area (Å²) < 4.78 is 0. The number of hydrogen-bond donors (Lipinski definition) is 2. The molecule has 27 heavy (non-hydrogen) atoms. The fourth-order valence-electron chi connectivity index (χ4n) is 2.91. The molecular weight excluding hydrogens is 358 g/mol. The second-order valence-corrected chi connectivity index (χ2v) is 7.88. The van der Waals surface area contributed by atoms with Crippen molar-refractivity contribution < 1.29 is 10.2 Å². The monoisotopic (exact) mass is 381 g/mol. The molecular formula is C23H24ClNO2. The van der Waals surface area contributed by atoms with Gasteiger partial charge in [-0.1, -0.05) is 48.0 Å². The lowest BCUT2D eigenvalue weighted by Gasteiger charge is -2.19.